The van der Waals surface area contributed by atoms with E-state index >= 15 is 0 Å². The van der Waals surface area contributed by atoms with Gasteiger partial charge in [0.25, 0.3) is 0 Å². The minimum absolute atomic E-state index is 0.195. The van der Waals surface area contributed by atoms with Crippen LogP contribution in [0.25, 0.3) is 0 Å². The van der Waals surface area contributed by atoms with Crippen molar-refractivity contribution >= 4 is 11.8 Å². The van der Waals surface area contributed by atoms with Crippen LogP contribution >= 0.6 is 0 Å². The van der Waals surface area contributed by atoms with E-state index < -0.39 is 30.1 Å². The summed E-state index contributed by atoms with van der Waals surface area (Å²) in [4.78, 5) is 23.8. The van der Waals surface area contributed by atoms with Crippen molar-refractivity contribution in [2.24, 2.45) is 28.9 Å². The molecule has 0 spiro atoms. The summed E-state index contributed by atoms with van der Waals surface area (Å²) >= 11 is 0. The lowest BCUT2D eigenvalue weighted by Gasteiger charge is -2.49. The third kappa shape index (κ3) is 6.36. The first kappa shape index (κ1) is 32.2. The maximum absolute atomic E-state index is 12.4. The first-order valence-electron chi connectivity index (χ1n) is 13.5. The van der Waals surface area contributed by atoms with Crippen molar-refractivity contribution in [3.8, 4) is 5.75 Å². The molecule has 2 saturated carbocycles. The largest absolute Gasteiger partial charge is 0.426 e. The second-order valence-electron chi connectivity index (χ2n) is 9.91. The van der Waals surface area contributed by atoms with Crippen LogP contribution in [0.3, 0.4) is 0 Å². The van der Waals surface area contributed by atoms with Crippen LogP contribution in [0.4, 0.5) is 0 Å². The maximum Gasteiger partial charge on any atom is 0.316 e. The topological polar surface area (TPSA) is 130 Å². The Morgan fingerprint density at radius 3 is 2.31 bits per heavy atom. The lowest BCUT2D eigenvalue weighted by Crippen LogP contribution is -2.44. The van der Waals surface area contributed by atoms with Gasteiger partial charge in [0.2, 0.25) is 0 Å². The number of carbonyl (C=O) groups is 2. The summed E-state index contributed by atoms with van der Waals surface area (Å²) < 4.78 is 5.53. The zero-order chi connectivity index (χ0) is 27.8. The molecule has 1 aromatic carbocycles. The van der Waals surface area contributed by atoms with E-state index in [-0.39, 0.29) is 11.2 Å². The zero-order valence-corrected chi connectivity index (χ0v) is 23.5. The fourth-order valence-corrected chi connectivity index (χ4v) is 6.32. The van der Waals surface area contributed by atoms with E-state index in [1.165, 1.54) is 18.1 Å². The normalized spacial score (nSPS) is 31.2. The van der Waals surface area contributed by atoms with Gasteiger partial charge in [-0.25, -0.2) is 0 Å². The van der Waals surface area contributed by atoms with Gasteiger partial charge in [0.1, 0.15) is 11.5 Å². The number of benzene rings is 1. The van der Waals surface area contributed by atoms with Crippen LogP contribution in [-0.4, -0.2) is 52.4 Å². The summed E-state index contributed by atoms with van der Waals surface area (Å²) in [5.41, 5.74) is 8.09. The smallest absolute Gasteiger partial charge is 0.316 e. The molecule has 5 N–H and O–H groups in total. The van der Waals surface area contributed by atoms with Crippen molar-refractivity contribution in [1.82, 2.24) is 0 Å². The molecular weight excluding hydrogens is 458 g/mol. The Morgan fingerprint density at radius 2 is 1.72 bits per heavy atom. The standard InChI is InChI=1S/C24H33NO5.2C2H6.CH4O/c1-12(21(25)13(2)26)23(29)30-15-5-7-16-14(10-15)4-6-18-17(16)8-9-24(3)19(18)11-20(27)22(24)28;3*1-2/h5,7,10,12,17-22,27-28H,4,6,8-9,11,25H2,1-3H3;2*1-2H3;2H,1H3/t12?,17-,18-,19+,20-,21?,22?,24?;;;/m1.../s1. The number of nitrogens with two attached hydrogens (primary N) is 1. The zero-order valence-electron chi connectivity index (χ0n) is 23.5. The third-order valence-corrected chi connectivity index (χ3v) is 8.27. The maximum atomic E-state index is 12.4. The molecule has 1 aromatic rings. The molecule has 36 heavy (non-hydrogen) atoms. The molecule has 3 aliphatic carbocycles. The highest BCUT2D eigenvalue weighted by Gasteiger charge is 2.57. The first-order chi connectivity index (χ1) is 17.1. The number of aryl methyl sites for hydroxylation is 1. The van der Waals surface area contributed by atoms with Crippen LogP contribution in [0.15, 0.2) is 18.2 Å². The highest BCUT2D eigenvalue weighted by atomic mass is 16.5. The highest BCUT2D eigenvalue weighted by Crippen LogP contribution is 2.60. The molecule has 0 heterocycles. The van der Waals surface area contributed by atoms with E-state index in [2.05, 4.69) is 13.0 Å². The molecule has 0 saturated heterocycles. The van der Waals surface area contributed by atoms with Gasteiger partial charge in [0.05, 0.1) is 24.2 Å². The average Bonchev–Trinajstić information content (AvgIpc) is 3.14. The second-order valence-corrected chi connectivity index (χ2v) is 9.91. The Labute approximate surface area is 217 Å². The summed E-state index contributed by atoms with van der Waals surface area (Å²) in [5.74, 6) is 0.285. The third-order valence-electron chi connectivity index (χ3n) is 8.27. The van der Waals surface area contributed by atoms with E-state index in [1.807, 2.05) is 39.8 Å². The van der Waals surface area contributed by atoms with Gasteiger partial charge >= 0.3 is 5.97 Å². The number of hydrogen-bond donors (Lipinski definition) is 4. The quantitative estimate of drug-likeness (QED) is 0.358. The molecule has 3 aliphatic rings. The number of fused-ring (bicyclic) bond motifs is 5. The molecule has 206 valence electrons. The molecule has 7 nitrogen and oxygen atoms in total. The monoisotopic (exact) mass is 507 g/mol. The number of rotatable bonds is 4. The molecule has 0 bridgehead atoms. The van der Waals surface area contributed by atoms with E-state index in [0.29, 0.717) is 29.9 Å². The Hall–Kier alpha value is -1.80. The number of carbonyl (C=O) groups excluding carboxylic acids is 2. The molecule has 8 atom stereocenters. The summed E-state index contributed by atoms with van der Waals surface area (Å²) in [5, 5.41) is 27.8. The Bertz CT molecular complexity index is 858. The number of aliphatic hydroxyl groups is 3. The number of ketones is 1. The summed E-state index contributed by atoms with van der Waals surface area (Å²) in [7, 11) is 1.00. The highest BCUT2D eigenvalue weighted by molar-refractivity contribution is 5.88. The van der Waals surface area contributed by atoms with Gasteiger partial charge in [-0.05, 0) is 92.4 Å². The van der Waals surface area contributed by atoms with Gasteiger partial charge in [-0.3, -0.25) is 9.59 Å². The fourth-order valence-electron chi connectivity index (χ4n) is 6.32. The molecule has 0 radical (unpaired) electrons. The number of Topliss-reactive ketones (excluding diaryl/α,β-unsaturated/α-hetero) is 1. The van der Waals surface area contributed by atoms with Crippen LogP contribution in [0.5, 0.6) is 5.75 Å². The van der Waals surface area contributed by atoms with Gasteiger partial charge in [-0.15, -0.1) is 0 Å². The van der Waals surface area contributed by atoms with Crippen molar-refractivity contribution < 1.29 is 29.6 Å². The molecule has 2 fully saturated rings. The number of ether oxygens (including phenoxy) is 1. The summed E-state index contributed by atoms with van der Waals surface area (Å²) in [6.45, 7) is 13.1. The minimum atomic E-state index is -0.857. The van der Waals surface area contributed by atoms with Crippen LogP contribution in [0.1, 0.15) is 91.2 Å². The second kappa shape index (κ2) is 14.2. The van der Waals surface area contributed by atoms with Gasteiger partial charge in [-0.2, -0.15) is 0 Å². The van der Waals surface area contributed by atoms with Gasteiger partial charge < -0.3 is 25.8 Å². The molecule has 4 rings (SSSR count). The van der Waals surface area contributed by atoms with E-state index in [0.717, 1.165) is 32.8 Å². The molecule has 4 unspecified atom stereocenters. The van der Waals surface area contributed by atoms with Crippen molar-refractivity contribution in [1.29, 1.82) is 0 Å². The van der Waals surface area contributed by atoms with Crippen LogP contribution < -0.4 is 10.5 Å². The minimum Gasteiger partial charge on any atom is -0.426 e. The van der Waals surface area contributed by atoms with E-state index in [1.54, 1.807) is 6.92 Å². The Balaban J connectivity index is 0.00000101. The molecule has 0 amide bonds. The van der Waals surface area contributed by atoms with Crippen LogP contribution in [0, 0.1) is 23.2 Å². The van der Waals surface area contributed by atoms with Crippen molar-refractivity contribution in [2.75, 3.05) is 7.11 Å². The predicted molar refractivity (Wildman–Crippen MR) is 143 cm³/mol. The molecule has 0 aliphatic heterocycles. The van der Waals surface area contributed by atoms with E-state index in [4.69, 9.17) is 15.6 Å². The van der Waals surface area contributed by atoms with Gasteiger partial charge in [0.15, 0.2) is 0 Å². The number of hydrogen-bond acceptors (Lipinski definition) is 7. The lowest BCUT2D eigenvalue weighted by atomic mass is 9.55. The van der Waals surface area contributed by atoms with Crippen LogP contribution in [-0.2, 0) is 16.0 Å². The Morgan fingerprint density at radius 1 is 1.11 bits per heavy atom. The van der Waals surface area contributed by atoms with Gasteiger partial charge in [-0.1, -0.05) is 40.7 Å². The Kier molecular flexibility index (Phi) is 12.7. The molecule has 0 aromatic heterocycles. The van der Waals surface area contributed by atoms with Crippen molar-refractivity contribution in [3.63, 3.8) is 0 Å². The fraction of sp³-hybridized carbons (Fsp3) is 0.724. The summed E-state index contributed by atoms with van der Waals surface area (Å²) in [6.07, 6.45) is 3.24. The van der Waals surface area contributed by atoms with Crippen molar-refractivity contribution in [2.45, 2.75) is 105 Å². The molecule has 7 heteroatoms. The predicted octanol–water partition coefficient (Wildman–Crippen LogP) is 3.99. The van der Waals surface area contributed by atoms with Crippen LogP contribution in [0.2, 0.25) is 0 Å². The molecular formula is C29H49NO6. The average molecular weight is 508 g/mol. The number of aliphatic hydroxyl groups excluding tert-OH is 3. The number of esters is 1. The van der Waals surface area contributed by atoms with Crippen molar-refractivity contribution in [3.05, 3.63) is 29.3 Å². The first-order valence-corrected chi connectivity index (χ1v) is 13.5. The summed E-state index contributed by atoms with van der Waals surface area (Å²) in [6, 6.07) is 4.98. The SMILES string of the molecule is CC.CC.CC(=O)C(N)C(C)C(=O)Oc1ccc2c(c1)CC[C@@H]1[C@@H]2CCC2(C)C(O)[C@H](O)C[C@@H]12.CO. The van der Waals surface area contributed by atoms with Gasteiger partial charge in [0, 0.05) is 7.11 Å². The lowest BCUT2D eigenvalue weighted by molar-refractivity contribution is -0.141. The van der Waals surface area contributed by atoms with E-state index in [9.17, 15) is 19.8 Å².